The van der Waals surface area contributed by atoms with Gasteiger partial charge in [-0.05, 0) is 121 Å². The molecule has 0 spiro atoms. The number of anilines is 2. The third-order valence-corrected chi connectivity index (χ3v) is 12.8. The second-order valence-corrected chi connectivity index (χ2v) is 16.7. The molecule has 2 N–H and O–H groups in total. The molecule has 3 aromatic rings. The van der Waals surface area contributed by atoms with Crippen molar-refractivity contribution in [1.82, 2.24) is 15.1 Å². The van der Waals surface area contributed by atoms with Crippen molar-refractivity contribution in [3.8, 4) is 5.75 Å². The minimum Gasteiger partial charge on any atom is -0.508 e. The van der Waals surface area contributed by atoms with Crippen LogP contribution in [0.15, 0.2) is 60.7 Å². The summed E-state index contributed by atoms with van der Waals surface area (Å²) in [5.41, 5.74) is 8.22. The first-order valence-corrected chi connectivity index (χ1v) is 20.1. The highest BCUT2D eigenvalue weighted by Crippen LogP contribution is 2.44. The number of rotatable bonds is 9. The van der Waals surface area contributed by atoms with Crippen LogP contribution in [-0.2, 0) is 22.6 Å². The molecule has 4 heterocycles. The summed E-state index contributed by atoms with van der Waals surface area (Å²) in [6.45, 7) is 12.4. The van der Waals surface area contributed by atoms with E-state index in [0.29, 0.717) is 48.0 Å². The molecule has 0 unspecified atom stereocenters. The van der Waals surface area contributed by atoms with Gasteiger partial charge in [-0.1, -0.05) is 38.5 Å². The molecule has 280 valence electrons. The van der Waals surface area contributed by atoms with Crippen molar-refractivity contribution in [2.24, 2.45) is 17.8 Å². The monoisotopic (exact) mass is 717 g/mol. The maximum atomic E-state index is 13.1. The topological polar surface area (TPSA) is 96.4 Å². The first-order chi connectivity index (χ1) is 25.7. The Hall–Kier alpha value is -4.37. The average molecular weight is 718 g/mol. The van der Waals surface area contributed by atoms with Crippen LogP contribution < -0.4 is 15.1 Å². The van der Waals surface area contributed by atoms with Crippen molar-refractivity contribution >= 4 is 29.1 Å². The van der Waals surface area contributed by atoms with Gasteiger partial charge < -0.3 is 19.8 Å². The minimum absolute atomic E-state index is 0.118. The molecule has 9 heteroatoms. The Labute approximate surface area is 314 Å². The molecule has 3 saturated heterocycles. The number of nitrogens with zero attached hydrogens (tertiary/aromatic N) is 4. The number of aromatic hydroxyl groups is 1. The molecular formula is C44H55N5O4. The number of carbonyl (C=O) groups is 3. The highest BCUT2D eigenvalue weighted by atomic mass is 16.3. The lowest BCUT2D eigenvalue weighted by Crippen LogP contribution is -2.52. The molecule has 0 saturated carbocycles. The fourth-order valence-corrected chi connectivity index (χ4v) is 9.76. The highest BCUT2D eigenvalue weighted by molar-refractivity contribution is 6.05. The third-order valence-electron chi connectivity index (χ3n) is 12.8. The predicted molar refractivity (Wildman–Crippen MR) is 208 cm³/mol. The summed E-state index contributed by atoms with van der Waals surface area (Å²) >= 11 is 0. The van der Waals surface area contributed by atoms with Crippen molar-refractivity contribution in [3.05, 3.63) is 88.5 Å². The lowest BCUT2D eigenvalue weighted by atomic mass is 9.70. The Balaban J connectivity index is 0.825. The molecule has 4 aliphatic heterocycles. The molecular weight excluding hydrogens is 663 g/mol. The van der Waals surface area contributed by atoms with Gasteiger partial charge in [-0.25, -0.2) is 0 Å². The van der Waals surface area contributed by atoms with Gasteiger partial charge in [0.15, 0.2) is 0 Å². The number of fused-ring (bicyclic) bond motifs is 2. The summed E-state index contributed by atoms with van der Waals surface area (Å²) in [6.07, 6.45) is 7.80. The first-order valence-electron chi connectivity index (χ1n) is 20.1. The number of phenolic OH excluding ortho intramolecular Hbond substituents is 1. The first kappa shape index (κ1) is 35.6. The summed E-state index contributed by atoms with van der Waals surface area (Å²) in [7, 11) is 0. The molecule has 3 aromatic carbocycles. The fourth-order valence-electron chi connectivity index (χ4n) is 9.76. The summed E-state index contributed by atoms with van der Waals surface area (Å²) in [5, 5.41) is 12.6. The number of aryl methyl sites for hydroxylation is 1. The zero-order chi connectivity index (χ0) is 36.6. The van der Waals surface area contributed by atoms with Crippen LogP contribution >= 0.6 is 0 Å². The quantitative estimate of drug-likeness (QED) is 0.250. The van der Waals surface area contributed by atoms with Crippen molar-refractivity contribution in [2.75, 3.05) is 55.6 Å². The SMILES string of the molecule is CC(C)CC[C@H]1CCc2cc(O)ccc2[C@H]1c1ccc(N2CCC(CN3CCN(c4ccc5c(c4)CN([C@H]4CCC(=O)NC4=O)C5=O)CC3)CC2)cc1. The number of benzene rings is 3. The Kier molecular flexibility index (Phi) is 10.2. The van der Waals surface area contributed by atoms with E-state index in [0.717, 1.165) is 63.5 Å². The van der Waals surface area contributed by atoms with Crippen molar-refractivity contribution < 1.29 is 19.5 Å². The number of hydrogen-bond donors (Lipinski definition) is 2. The van der Waals surface area contributed by atoms with Gasteiger partial charge in [0.2, 0.25) is 11.8 Å². The molecule has 8 rings (SSSR count). The van der Waals surface area contributed by atoms with Crippen LogP contribution in [0.25, 0.3) is 0 Å². The standard InChI is InChI=1S/C44H55N5O4/c1-29(2)3-4-31-5-6-33-26-37(50)12-14-38(33)42(31)32-7-9-35(10-8-32)47-19-17-30(18-20-47)27-46-21-23-48(24-22-46)36-11-13-39-34(25-36)28-49(44(39)53)40-15-16-41(51)45-43(40)52/h7-14,25-26,29-31,40,42,50H,3-6,15-24,27-28H2,1-2H3,(H,45,51,52)/t31-,40-,42+/m0/s1. The Morgan fingerprint density at radius 2 is 1.51 bits per heavy atom. The fraction of sp³-hybridized carbons (Fsp3) is 0.523. The lowest BCUT2D eigenvalue weighted by molar-refractivity contribution is -0.136. The number of piperidine rings is 2. The van der Waals surface area contributed by atoms with Crippen molar-refractivity contribution in [3.63, 3.8) is 0 Å². The largest absolute Gasteiger partial charge is 0.508 e. The van der Waals surface area contributed by atoms with Crippen LogP contribution in [0.4, 0.5) is 11.4 Å². The second kappa shape index (κ2) is 15.2. The van der Waals surface area contributed by atoms with Crippen LogP contribution in [0.2, 0.25) is 0 Å². The van der Waals surface area contributed by atoms with Crippen LogP contribution in [0.3, 0.4) is 0 Å². The van der Waals surface area contributed by atoms with Gasteiger partial charge in [-0.2, -0.15) is 0 Å². The molecule has 3 fully saturated rings. The summed E-state index contributed by atoms with van der Waals surface area (Å²) in [5.74, 6) is 2.07. The predicted octanol–water partition coefficient (Wildman–Crippen LogP) is 6.32. The van der Waals surface area contributed by atoms with Crippen molar-refractivity contribution in [1.29, 1.82) is 0 Å². The lowest BCUT2D eigenvalue weighted by Gasteiger charge is -2.40. The van der Waals surface area contributed by atoms with Crippen LogP contribution in [0, 0.1) is 17.8 Å². The van der Waals surface area contributed by atoms with Gasteiger partial charge in [0, 0.05) is 81.6 Å². The number of nitrogens with one attached hydrogen (secondary N) is 1. The normalized spacial score (nSPS) is 24.1. The zero-order valence-electron chi connectivity index (χ0n) is 31.4. The van der Waals surface area contributed by atoms with E-state index in [2.05, 4.69) is 70.3 Å². The summed E-state index contributed by atoms with van der Waals surface area (Å²) in [6, 6.07) is 21.0. The van der Waals surface area contributed by atoms with Gasteiger partial charge in [0.25, 0.3) is 5.91 Å². The summed E-state index contributed by atoms with van der Waals surface area (Å²) in [4.78, 5) is 46.5. The number of phenols is 1. The Morgan fingerprint density at radius 3 is 2.25 bits per heavy atom. The smallest absolute Gasteiger partial charge is 0.255 e. The number of carbonyl (C=O) groups excluding carboxylic acids is 3. The third kappa shape index (κ3) is 7.55. The van der Waals surface area contributed by atoms with Gasteiger partial charge in [0.1, 0.15) is 11.8 Å². The van der Waals surface area contributed by atoms with E-state index in [4.69, 9.17) is 0 Å². The van der Waals surface area contributed by atoms with Gasteiger partial charge in [-0.3, -0.25) is 24.6 Å². The van der Waals surface area contributed by atoms with E-state index < -0.39 is 6.04 Å². The summed E-state index contributed by atoms with van der Waals surface area (Å²) < 4.78 is 0. The van der Waals surface area contributed by atoms with Crippen LogP contribution in [-0.4, -0.2) is 84.5 Å². The minimum atomic E-state index is -0.582. The van der Waals surface area contributed by atoms with Crippen LogP contribution in [0.1, 0.15) is 97.3 Å². The molecule has 1 aliphatic carbocycles. The molecule has 0 aromatic heterocycles. The van der Waals surface area contributed by atoms with Gasteiger partial charge >= 0.3 is 0 Å². The van der Waals surface area contributed by atoms with Crippen LogP contribution in [0.5, 0.6) is 5.75 Å². The van der Waals surface area contributed by atoms with E-state index in [9.17, 15) is 19.5 Å². The van der Waals surface area contributed by atoms with Gasteiger partial charge in [-0.15, -0.1) is 0 Å². The molecule has 5 aliphatic rings. The van der Waals surface area contributed by atoms with Gasteiger partial charge in [0.05, 0.1) is 0 Å². The number of amides is 3. The molecule has 0 radical (unpaired) electrons. The number of hydrogen-bond acceptors (Lipinski definition) is 7. The Morgan fingerprint density at radius 1 is 0.774 bits per heavy atom. The maximum Gasteiger partial charge on any atom is 0.255 e. The average Bonchev–Trinajstić information content (AvgIpc) is 3.49. The maximum absolute atomic E-state index is 13.1. The highest BCUT2D eigenvalue weighted by Gasteiger charge is 2.39. The van der Waals surface area contributed by atoms with Crippen molar-refractivity contribution in [2.45, 2.75) is 83.7 Å². The van der Waals surface area contributed by atoms with E-state index >= 15 is 0 Å². The molecule has 3 amide bonds. The molecule has 3 atom stereocenters. The zero-order valence-corrected chi connectivity index (χ0v) is 31.4. The number of piperazine rings is 1. The molecule has 53 heavy (non-hydrogen) atoms. The van der Waals surface area contributed by atoms with E-state index in [-0.39, 0.29) is 24.1 Å². The molecule has 9 nitrogen and oxygen atoms in total. The molecule has 0 bridgehead atoms. The van der Waals surface area contributed by atoms with E-state index in [1.165, 1.54) is 54.5 Å². The van der Waals surface area contributed by atoms with E-state index in [1.54, 1.807) is 4.90 Å². The van der Waals surface area contributed by atoms with E-state index in [1.807, 2.05) is 24.3 Å². The second-order valence-electron chi connectivity index (χ2n) is 16.7. The Bertz CT molecular complexity index is 1830. The number of imide groups is 1.